The molecule has 0 atom stereocenters. The minimum atomic E-state index is 0.630. The summed E-state index contributed by atoms with van der Waals surface area (Å²) in [6.45, 7) is 5.38. The standard InChI is InChI=1S/C13H27N3S/c1-4-16(11-7-10-15(2)3)13(17)14-12-8-5-6-9-12/h12H,4-11H2,1-3H3,(H,14,17). The Hall–Kier alpha value is -0.350. The van der Waals surface area contributed by atoms with Crippen LogP contribution in [0, 0.1) is 0 Å². The molecule has 1 fully saturated rings. The molecule has 17 heavy (non-hydrogen) atoms. The van der Waals surface area contributed by atoms with Gasteiger partial charge in [0.05, 0.1) is 0 Å². The lowest BCUT2D eigenvalue weighted by molar-refractivity contribution is 0.350. The molecule has 0 aliphatic heterocycles. The Kier molecular flexibility index (Phi) is 6.82. The average molecular weight is 257 g/mol. The minimum Gasteiger partial charge on any atom is -0.360 e. The van der Waals surface area contributed by atoms with Crippen molar-refractivity contribution in [2.75, 3.05) is 33.7 Å². The normalized spacial score (nSPS) is 16.5. The Labute approximate surface area is 112 Å². The van der Waals surface area contributed by atoms with Crippen molar-refractivity contribution < 1.29 is 0 Å². The van der Waals surface area contributed by atoms with Gasteiger partial charge in [0, 0.05) is 19.1 Å². The van der Waals surface area contributed by atoms with Gasteiger partial charge in [0.1, 0.15) is 0 Å². The van der Waals surface area contributed by atoms with Gasteiger partial charge >= 0.3 is 0 Å². The largest absolute Gasteiger partial charge is 0.360 e. The summed E-state index contributed by atoms with van der Waals surface area (Å²) in [5.74, 6) is 0. The number of thiocarbonyl (C=S) groups is 1. The van der Waals surface area contributed by atoms with Crippen molar-refractivity contribution in [2.45, 2.75) is 45.1 Å². The fourth-order valence-electron chi connectivity index (χ4n) is 2.32. The Bertz CT molecular complexity index is 225. The Balaban J connectivity index is 2.25. The van der Waals surface area contributed by atoms with Gasteiger partial charge in [-0.05, 0) is 59.0 Å². The van der Waals surface area contributed by atoms with Gasteiger partial charge in [-0.2, -0.15) is 0 Å². The molecular formula is C13H27N3S. The molecule has 0 saturated heterocycles. The molecule has 0 spiro atoms. The van der Waals surface area contributed by atoms with Crippen LogP contribution in [0.1, 0.15) is 39.0 Å². The molecule has 1 N–H and O–H groups in total. The summed E-state index contributed by atoms with van der Waals surface area (Å²) in [6, 6.07) is 0.630. The highest BCUT2D eigenvalue weighted by atomic mass is 32.1. The summed E-state index contributed by atoms with van der Waals surface area (Å²) < 4.78 is 0. The first-order chi connectivity index (χ1) is 8.13. The molecule has 0 unspecified atom stereocenters. The van der Waals surface area contributed by atoms with Crippen LogP contribution in [0.15, 0.2) is 0 Å². The second-order valence-corrected chi connectivity index (χ2v) is 5.55. The third-order valence-electron chi connectivity index (χ3n) is 3.39. The highest BCUT2D eigenvalue weighted by Gasteiger charge is 2.17. The average Bonchev–Trinajstić information content (AvgIpc) is 2.76. The van der Waals surface area contributed by atoms with Crippen LogP contribution in [0.5, 0.6) is 0 Å². The van der Waals surface area contributed by atoms with Crippen LogP contribution in [-0.2, 0) is 0 Å². The molecule has 0 radical (unpaired) electrons. The van der Waals surface area contributed by atoms with Gasteiger partial charge in [-0.3, -0.25) is 0 Å². The van der Waals surface area contributed by atoms with E-state index in [2.05, 4.69) is 36.1 Å². The number of hydrogen-bond donors (Lipinski definition) is 1. The van der Waals surface area contributed by atoms with E-state index in [1.54, 1.807) is 0 Å². The first kappa shape index (κ1) is 14.7. The van der Waals surface area contributed by atoms with E-state index in [0.717, 1.165) is 24.7 Å². The summed E-state index contributed by atoms with van der Waals surface area (Å²) >= 11 is 5.49. The van der Waals surface area contributed by atoms with E-state index in [4.69, 9.17) is 12.2 Å². The summed E-state index contributed by atoms with van der Waals surface area (Å²) in [4.78, 5) is 4.51. The maximum Gasteiger partial charge on any atom is 0.169 e. The van der Waals surface area contributed by atoms with Crippen molar-refractivity contribution in [3.05, 3.63) is 0 Å². The van der Waals surface area contributed by atoms with Gasteiger partial charge in [-0.1, -0.05) is 12.8 Å². The highest BCUT2D eigenvalue weighted by molar-refractivity contribution is 7.80. The molecule has 0 amide bonds. The van der Waals surface area contributed by atoms with Crippen molar-refractivity contribution in [3.63, 3.8) is 0 Å². The van der Waals surface area contributed by atoms with E-state index in [0.29, 0.717) is 6.04 Å². The molecule has 3 nitrogen and oxygen atoms in total. The Morgan fingerprint density at radius 1 is 1.24 bits per heavy atom. The van der Waals surface area contributed by atoms with Gasteiger partial charge in [0.25, 0.3) is 0 Å². The predicted molar refractivity (Wildman–Crippen MR) is 78.4 cm³/mol. The zero-order chi connectivity index (χ0) is 12.7. The Morgan fingerprint density at radius 2 is 1.88 bits per heavy atom. The first-order valence-corrected chi connectivity index (χ1v) is 7.24. The monoisotopic (exact) mass is 257 g/mol. The van der Waals surface area contributed by atoms with Crippen LogP contribution >= 0.6 is 12.2 Å². The van der Waals surface area contributed by atoms with Crippen molar-refractivity contribution in [1.29, 1.82) is 0 Å². The number of nitrogens with one attached hydrogen (secondary N) is 1. The molecule has 4 heteroatoms. The summed E-state index contributed by atoms with van der Waals surface area (Å²) in [5, 5.41) is 4.47. The van der Waals surface area contributed by atoms with E-state index in [9.17, 15) is 0 Å². The fourth-order valence-corrected chi connectivity index (χ4v) is 2.70. The van der Waals surface area contributed by atoms with Gasteiger partial charge in [-0.25, -0.2) is 0 Å². The van der Waals surface area contributed by atoms with E-state index < -0.39 is 0 Å². The van der Waals surface area contributed by atoms with Gasteiger partial charge in [0.15, 0.2) is 5.11 Å². The molecule has 0 heterocycles. The highest BCUT2D eigenvalue weighted by Crippen LogP contribution is 2.17. The van der Waals surface area contributed by atoms with Crippen LogP contribution in [0.4, 0.5) is 0 Å². The van der Waals surface area contributed by atoms with E-state index in [-0.39, 0.29) is 0 Å². The van der Waals surface area contributed by atoms with Crippen molar-refractivity contribution in [1.82, 2.24) is 15.1 Å². The molecule has 0 aromatic rings. The molecule has 1 aliphatic rings. The van der Waals surface area contributed by atoms with Crippen molar-refractivity contribution in [2.24, 2.45) is 0 Å². The third kappa shape index (κ3) is 5.68. The lowest BCUT2D eigenvalue weighted by Crippen LogP contribution is -2.44. The molecule has 1 aliphatic carbocycles. The van der Waals surface area contributed by atoms with E-state index in [1.807, 2.05) is 0 Å². The van der Waals surface area contributed by atoms with Crippen LogP contribution in [0.3, 0.4) is 0 Å². The van der Waals surface area contributed by atoms with Gasteiger partial charge in [-0.15, -0.1) is 0 Å². The predicted octanol–water partition coefficient (Wildman–Crippen LogP) is 2.08. The Morgan fingerprint density at radius 3 is 2.41 bits per heavy atom. The third-order valence-corrected chi connectivity index (χ3v) is 3.76. The van der Waals surface area contributed by atoms with Gasteiger partial charge in [0.2, 0.25) is 0 Å². The number of hydrogen-bond acceptors (Lipinski definition) is 2. The van der Waals surface area contributed by atoms with Crippen LogP contribution in [-0.4, -0.2) is 54.7 Å². The van der Waals surface area contributed by atoms with Crippen LogP contribution < -0.4 is 5.32 Å². The lowest BCUT2D eigenvalue weighted by atomic mass is 10.2. The molecule has 0 bridgehead atoms. The van der Waals surface area contributed by atoms with Crippen molar-refractivity contribution in [3.8, 4) is 0 Å². The molecule has 100 valence electrons. The lowest BCUT2D eigenvalue weighted by Gasteiger charge is -2.27. The number of rotatable bonds is 6. The molecule has 0 aromatic carbocycles. The summed E-state index contributed by atoms with van der Waals surface area (Å²) in [7, 11) is 4.23. The van der Waals surface area contributed by atoms with E-state index >= 15 is 0 Å². The zero-order valence-corrected chi connectivity index (χ0v) is 12.4. The quantitative estimate of drug-likeness (QED) is 0.734. The van der Waals surface area contributed by atoms with Crippen LogP contribution in [0.2, 0.25) is 0 Å². The van der Waals surface area contributed by atoms with Crippen molar-refractivity contribution >= 4 is 17.3 Å². The summed E-state index contributed by atoms with van der Waals surface area (Å²) in [6.07, 6.45) is 6.46. The summed E-state index contributed by atoms with van der Waals surface area (Å²) in [5.41, 5.74) is 0. The second kappa shape index (κ2) is 7.88. The molecule has 1 saturated carbocycles. The SMILES string of the molecule is CCN(CCCN(C)C)C(=S)NC1CCCC1. The van der Waals surface area contributed by atoms with Gasteiger partial charge < -0.3 is 15.1 Å². The topological polar surface area (TPSA) is 18.5 Å². The van der Waals surface area contributed by atoms with E-state index in [1.165, 1.54) is 32.1 Å². The first-order valence-electron chi connectivity index (χ1n) is 6.83. The smallest absolute Gasteiger partial charge is 0.169 e. The molecular weight excluding hydrogens is 230 g/mol. The minimum absolute atomic E-state index is 0.630. The second-order valence-electron chi connectivity index (χ2n) is 5.17. The maximum atomic E-state index is 5.49. The number of nitrogens with zero attached hydrogens (tertiary/aromatic N) is 2. The maximum absolute atomic E-state index is 5.49. The van der Waals surface area contributed by atoms with Crippen LogP contribution in [0.25, 0.3) is 0 Å². The fraction of sp³-hybridized carbons (Fsp3) is 0.923. The zero-order valence-electron chi connectivity index (χ0n) is 11.5. The molecule has 0 aromatic heterocycles. The molecule has 1 rings (SSSR count).